The summed E-state index contributed by atoms with van der Waals surface area (Å²) in [5.74, 6) is 0. The Morgan fingerprint density at radius 1 is 1.10 bits per heavy atom. The molecule has 0 radical (unpaired) electrons. The van der Waals surface area contributed by atoms with Crippen LogP contribution in [0.4, 0.5) is 5.13 Å². The largest absolute Gasteiger partial charge is 0.375 e. The maximum absolute atomic E-state index is 5.71. The van der Waals surface area contributed by atoms with Crippen LogP contribution in [0.25, 0.3) is 33.2 Å². The number of nitrogens with two attached hydrogens (primary N) is 1. The monoisotopic (exact) mass is 280 g/mol. The predicted molar refractivity (Wildman–Crippen MR) is 83.9 cm³/mol. The van der Waals surface area contributed by atoms with Crippen molar-refractivity contribution < 1.29 is 0 Å². The van der Waals surface area contributed by atoms with Gasteiger partial charge in [0.25, 0.3) is 0 Å². The second-order valence-corrected chi connectivity index (χ2v) is 5.69. The van der Waals surface area contributed by atoms with Crippen LogP contribution in [0.5, 0.6) is 0 Å². The topological polar surface area (TPSA) is 67.6 Å². The molecule has 0 amide bonds. The van der Waals surface area contributed by atoms with E-state index < -0.39 is 0 Å². The smallest absolute Gasteiger partial charge is 0.180 e. The zero-order valence-electron chi connectivity index (χ0n) is 10.8. The second kappa shape index (κ2) is 4.05. The van der Waals surface area contributed by atoms with Crippen LogP contribution in [0.2, 0.25) is 0 Å². The maximum atomic E-state index is 5.71. The fourth-order valence-corrected chi connectivity index (χ4v) is 3.02. The summed E-state index contributed by atoms with van der Waals surface area (Å²) >= 11 is 1.46. The van der Waals surface area contributed by atoms with Crippen molar-refractivity contribution in [1.82, 2.24) is 15.0 Å². The zero-order chi connectivity index (χ0) is 13.7. The number of fused-ring (bicyclic) bond motifs is 3. The maximum Gasteiger partial charge on any atom is 0.180 e. The van der Waals surface area contributed by atoms with Crippen molar-refractivity contribution in [3.05, 3.63) is 41.4 Å². The fraction of sp³-hybridized carbons (Fsp3) is 0.0667. The summed E-state index contributed by atoms with van der Waals surface area (Å²) < 4.78 is 0. The molecule has 0 aliphatic rings. The molecule has 0 unspecified atom stereocenters. The molecule has 3 heterocycles. The Morgan fingerprint density at radius 3 is 2.80 bits per heavy atom. The number of pyridine rings is 1. The average Bonchev–Trinajstić information content (AvgIpc) is 3.00. The number of hydrogen-bond donors (Lipinski definition) is 2. The van der Waals surface area contributed by atoms with Gasteiger partial charge in [-0.2, -0.15) is 0 Å². The predicted octanol–water partition coefficient (Wildman–Crippen LogP) is 3.73. The van der Waals surface area contributed by atoms with Crippen LogP contribution in [-0.2, 0) is 0 Å². The number of aryl methyl sites for hydroxylation is 1. The number of H-pyrrole nitrogens is 1. The van der Waals surface area contributed by atoms with Gasteiger partial charge in [0.15, 0.2) is 5.13 Å². The zero-order valence-corrected chi connectivity index (χ0v) is 11.7. The normalized spacial score (nSPS) is 11.4. The highest BCUT2D eigenvalue weighted by Gasteiger charge is 2.08. The molecule has 0 fully saturated rings. The van der Waals surface area contributed by atoms with Crippen molar-refractivity contribution in [2.24, 2.45) is 0 Å². The molecule has 4 aromatic rings. The van der Waals surface area contributed by atoms with Crippen molar-refractivity contribution in [1.29, 1.82) is 0 Å². The van der Waals surface area contributed by atoms with E-state index in [0.29, 0.717) is 5.13 Å². The van der Waals surface area contributed by atoms with E-state index in [4.69, 9.17) is 5.73 Å². The SMILES string of the molecule is Cc1ccc2c(n1)[nH]c1ccc(-c3csc(N)n3)cc12. The molecule has 0 aliphatic carbocycles. The van der Waals surface area contributed by atoms with Gasteiger partial charge in [-0.1, -0.05) is 6.07 Å². The standard InChI is InChI=1S/C15H12N4S/c1-8-2-4-10-11-6-9(13-7-20-15(16)19-13)3-5-12(11)18-14(10)17-8/h2-7H,1H3,(H2,16,19)(H,17,18). The first-order valence-corrected chi connectivity index (χ1v) is 7.19. The number of nitrogens with zero attached hydrogens (tertiary/aromatic N) is 2. The van der Waals surface area contributed by atoms with Gasteiger partial charge in [0.05, 0.1) is 5.69 Å². The molecule has 4 rings (SSSR count). The summed E-state index contributed by atoms with van der Waals surface area (Å²) in [6.07, 6.45) is 0. The van der Waals surface area contributed by atoms with E-state index in [2.05, 4.69) is 39.2 Å². The van der Waals surface area contributed by atoms with Crippen LogP contribution in [0, 0.1) is 6.92 Å². The van der Waals surface area contributed by atoms with Gasteiger partial charge < -0.3 is 10.7 Å². The summed E-state index contributed by atoms with van der Waals surface area (Å²) in [6.45, 7) is 1.99. The molecule has 3 N–H and O–H groups in total. The van der Waals surface area contributed by atoms with Crippen molar-refractivity contribution in [3.63, 3.8) is 0 Å². The molecule has 0 atom stereocenters. The lowest BCUT2D eigenvalue weighted by atomic mass is 10.1. The molecular formula is C15H12N4S. The van der Waals surface area contributed by atoms with Crippen molar-refractivity contribution in [2.75, 3.05) is 5.73 Å². The van der Waals surface area contributed by atoms with Crippen LogP contribution < -0.4 is 5.73 Å². The van der Waals surface area contributed by atoms with Crippen LogP contribution >= 0.6 is 11.3 Å². The number of aromatic nitrogens is 3. The number of rotatable bonds is 1. The van der Waals surface area contributed by atoms with Crippen molar-refractivity contribution in [2.45, 2.75) is 6.92 Å². The highest BCUT2D eigenvalue weighted by molar-refractivity contribution is 7.13. The number of nitrogens with one attached hydrogen (secondary N) is 1. The van der Waals surface area contributed by atoms with Gasteiger partial charge in [-0.05, 0) is 31.2 Å². The van der Waals surface area contributed by atoms with Gasteiger partial charge in [-0.3, -0.25) is 0 Å². The first-order valence-electron chi connectivity index (χ1n) is 6.31. The first kappa shape index (κ1) is 11.4. The lowest BCUT2D eigenvalue weighted by Gasteiger charge is -1.97. The number of aromatic amines is 1. The minimum atomic E-state index is 0.594. The van der Waals surface area contributed by atoms with E-state index in [1.165, 1.54) is 11.3 Å². The van der Waals surface area contributed by atoms with E-state index in [0.717, 1.165) is 38.9 Å². The molecule has 1 aromatic carbocycles. The third-order valence-corrected chi connectivity index (χ3v) is 4.09. The van der Waals surface area contributed by atoms with Gasteiger partial charge in [-0.15, -0.1) is 11.3 Å². The number of benzene rings is 1. The minimum Gasteiger partial charge on any atom is -0.375 e. The highest BCUT2D eigenvalue weighted by Crippen LogP contribution is 2.30. The van der Waals surface area contributed by atoms with Crippen molar-refractivity contribution in [3.8, 4) is 11.3 Å². The van der Waals surface area contributed by atoms with Crippen LogP contribution in [0.15, 0.2) is 35.7 Å². The minimum absolute atomic E-state index is 0.594. The van der Waals surface area contributed by atoms with E-state index in [9.17, 15) is 0 Å². The molecule has 0 saturated carbocycles. The Hall–Kier alpha value is -2.40. The molecule has 98 valence electrons. The lowest BCUT2D eigenvalue weighted by molar-refractivity contribution is 1.23. The quantitative estimate of drug-likeness (QED) is 0.558. The molecule has 0 saturated heterocycles. The first-order chi connectivity index (χ1) is 9.70. The Balaban J connectivity index is 2.00. The lowest BCUT2D eigenvalue weighted by Crippen LogP contribution is -1.82. The number of hydrogen-bond acceptors (Lipinski definition) is 4. The molecule has 0 spiro atoms. The Morgan fingerprint density at radius 2 is 2.00 bits per heavy atom. The number of anilines is 1. The molecule has 4 nitrogen and oxygen atoms in total. The van der Waals surface area contributed by atoms with Crippen molar-refractivity contribution >= 4 is 38.4 Å². The summed E-state index contributed by atoms with van der Waals surface area (Å²) in [6, 6.07) is 10.4. The summed E-state index contributed by atoms with van der Waals surface area (Å²) in [7, 11) is 0. The summed E-state index contributed by atoms with van der Waals surface area (Å²) in [5, 5.41) is 4.87. The molecule has 20 heavy (non-hydrogen) atoms. The van der Waals surface area contributed by atoms with E-state index >= 15 is 0 Å². The second-order valence-electron chi connectivity index (χ2n) is 4.81. The average molecular weight is 280 g/mol. The summed E-state index contributed by atoms with van der Waals surface area (Å²) in [5.41, 5.74) is 10.7. The number of thiazole rings is 1. The van der Waals surface area contributed by atoms with Crippen LogP contribution in [0.1, 0.15) is 5.69 Å². The van der Waals surface area contributed by atoms with Crippen LogP contribution in [-0.4, -0.2) is 15.0 Å². The van der Waals surface area contributed by atoms with E-state index in [1.807, 2.05) is 18.4 Å². The summed E-state index contributed by atoms with van der Waals surface area (Å²) in [4.78, 5) is 12.2. The van der Waals surface area contributed by atoms with Gasteiger partial charge in [0, 0.05) is 32.9 Å². The Kier molecular flexibility index (Phi) is 2.31. The molecule has 5 heteroatoms. The molecule has 0 bridgehead atoms. The molecule has 3 aromatic heterocycles. The Bertz CT molecular complexity index is 936. The van der Waals surface area contributed by atoms with Gasteiger partial charge in [0.1, 0.15) is 5.65 Å². The molecular weight excluding hydrogens is 268 g/mol. The highest BCUT2D eigenvalue weighted by atomic mass is 32.1. The number of nitrogen functional groups attached to an aromatic ring is 1. The molecule has 0 aliphatic heterocycles. The van der Waals surface area contributed by atoms with E-state index in [1.54, 1.807) is 0 Å². The fourth-order valence-electron chi connectivity index (χ4n) is 2.45. The Labute approximate surface area is 119 Å². The van der Waals surface area contributed by atoms with Gasteiger partial charge in [-0.25, -0.2) is 9.97 Å². The van der Waals surface area contributed by atoms with Gasteiger partial charge >= 0.3 is 0 Å². The third kappa shape index (κ3) is 1.67. The van der Waals surface area contributed by atoms with Crippen LogP contribution in [0.3, 0.4) is 0 Å². The van der Waals surface area contributed by atoms with Gasteiger partial charge in [0.2, 0.25) is 0 Å². The third-order valence-electron chi connectivity index (χ3n) is 3.42. The van der Waals surface area contributed by atoms with E-state index in [-0.39, 0.29) is 0 Å².